The van der Waals surface area contributed by atoms with Crippen LogP contribution in [0.1, 0.15) is 12.5 Å². The molecule has 0 amide bonds. The van der Waals surface area contributed by atoms with E-state index in [9.17, 15) is 0 Å². The number of nitriles is 1. The Morgan fingerprint density at radius 2 is 1.83 bits per heavy atom. The number of rotatable bonds is 1. The summed E-state index contributed by atoms with van der Waals surface area (Å²) >= 11 is 4.74. The maximum Gasteiger partial charge on any atom is 0.103 e. The summed E-state index contributed by atoms with van der Waals surface area (Å²) in [6.07, 6.45) is 0. The zero-order valence-corrected chi connectivity index (χ0v) is 7.64. The Morgan fingerprint density at radius 3 is 2.08 bits per heavy atom. The van der Waals surface area contributed by atoms with Crippen LogP contribution in [0.4, 0.5) is 0 Å². The number of hydrogen-bond acceptors (Lipinski definition) is 2. The van der Waals surface area contributed by atoms with E-state index in [4.69, 9.17) is 23.2 Å². The van der Waals surface area contributed by atoms with Crippen molar-refractivity contribution in [3.63, 3.8) is 0 Å². The van der Waals surface area contributed by atoms with Crippen LogP contribution in [0.2, 0.25) is 0 Å². The molecule has 3 heteroatoms. The maximum absolute atomic E-state index is 7.32. The molecule has 0 atom stereocenters. The van der Waals surface area contributed by atoms with Crippen LogP contribution in [-0.2, 0) is 0 Å². The number of hydrogen-bond donors (Lipinski definition) is 1. The molecular formula is C9H10N2S. The molecule has 0 aliphatic carbocycles. The highest BCUT2D eigenvalue weighted by Crippen LogP contribution is 1.96. The zero-order valence-electron chi connectivity index (χ0n) is 6.82. The molecule has 0 heterocycles. The van der Waals surface area contributed by atoms with E-state index in [-0.39, 0.29) is 0 Å². The molecule has 0 bridgehead atoms. The van der Waals surface area contributed by atoms with Crippen LogP contribution in [0.5, 0.6) is 0 Å². The lowest BCUT2D eigenvalue weighted by Crippen LogP contribution is -2.08. The lowest BCUT2D eigenvalue weighted by Gasteiger charge is -1.92. The largest absolute Gasteiger partial charge is 0.389 e. The molecule has 0 unspecified atom stereocenters. The Kier molecular flexibility index (Phi) is 5.58. The topological polar surface area (TPSA) is 49.8 Å². The van der Waals surface area contributed by atoms with E-state index in [1.54, 1.807) is 6.07 Å². The SMILES string of the molecule is CC#N.NC(=S)c1ccccc1. The van der Waals surface area contributed by atoms with Crippen molar-refractivity contribution in [1.29, 1.82) is 5.26 Å². The van der Waals surface area contributed by atoms with E-state index >= 15 is 0 Å². The summed E-state index contributed by atoms with van der Waals surface area (Å²) in [6.45, 7) is 1.43. The quantitative estimate of drug-likeness (QED) is 0.668. The second-order valence-electron chi connectivity index (χ2n) is 1.95. The Balaban J connectivity index is 0.000000354. The normalized spacial score (nSPS) is 7.33. The highest BCUT2D eigenvalue weighted by molar-refractivity contribution is 7.80. The molecular weight excluding hydrogens is 168 g/mol. The molecule has 0 aliphatic heterocycles. The molecule has 2 nitrogen and oxygen atoms in total. The van der Waals surface area contributed by atoms with Gasteiger partial charge in [-0.15, -0.1) is 0 Å². The fourth-order valence-corrected chi connectivity index (χ4v) is 0.739. The van der Waals surface area contributed by atoms with Crippen molar-refractivity contribution in [2.45, 2.75) is 6.92 Å². The lowest BCUT2D eigenvalue weighted by atomic mass is 10.2. The molecule has 0 aromatic heterocycles. The zero-order chi connectivity index (χ0) is 9.40. The molecule has 1 aromatic carbocycles. The van der Waals surface area contributed by atoms with Gasteiger partial charge < -0.3 is 5.73 Å². The van der Waals surface area contributed by atoms with Crippen molar-refractivity contribution >= 4 is 17.2 Å². The number of nitrogens with zero attached hydrogens (tertiary/aromatic N) is 1. The van der Waals surface area contributed by atoms with Gasteiger partial charge >= 0.3 is 0 Å². The fourth-order valence-electron chi connectivity index (χ4n) is 0.602. The molecule has 0 radical (unpaired) electrons. The van der Waals surface area contributed by atoms with Gasteiger partial charge in [-0.25, -0.2) is 0 Å². The van der Waals surface area contributed by atoms with Gasteiger partial charge in [0.15, 0.2) is 0 Å². The van der Waals surface area contributed by atoms with Crippen molar-refractivity contribution in [3.05, 3.63) is 35.9 Å². The first-order chi connectivity index (χ1) is 5.72. The molecule has 0 fully saturated rings. The Hall–Kier alpha value is -1.40. The van der Waals surface area contributed by atoms with E-state index in [0.29, 0.717) is 4.99 Å². The third-order valence-electron chi connectivity index (χ3n) is 1.06. The van der Waals surface area contributed by atoms with Crippen LogP contribution in [0, 0.1) is 11.3 Å². The van der Waals surface area contributed by atoms with Gasteiger partial charge in [-0.1, -0.05) is 42.5 Å². The second-order valence-corrected chi connectivity index (χ2v) is 2.39. The van der Waals surface area contributed by atoms with Gasteiger partial charge in [-0.2, -0.15) is 5.26 Å². The van der Waals surface area contributed by atoms with Crippen molar-refractivity contribution in [1.82, 2.24) is 0 Å². The molecule has 1 rings (SSSR count). The Morgan fingerprint density at radius 1 is 1.42 bits per heavy atom. The van der Waals surface area contributed by atoms with Gasteiger partial charge in [-0.3, -0.25) is 0 Å². The number of thiocarbonyl (C=S) groups is 1. The van der Waals surface area contributed by atoms with E-state index in [1.165, 1.54) is 6.92 Å². The van der Waals surface area contributed by atoms with Gasteiger partial charge in [-0.05, 0) is 0 Å². The van der Waals surface area contributed by atoms with E-state index < -0.39 is 0 Å². The Labute approximate surface area is 77.6 Å². The van der Waals surface area contributed by atoms with Crippen LogP contribution >= 0.6 is 12.2 Å². The van der Waals surface area contributed by atoms with Gasteiger partial charge in [0, 0.05) is 12.5 Å². The Bertz CT molecular complexity index is 274. The summed E-state index contributed by atoms with van der Waals surface area (Å²) in [5, 5.41) is 7.32. The smallest absolute Gasteiger partial charge is 0.103 e. The summed E-state index contributed by atoms with van der Waals surface area (Å²) in [4.78, 5) is 0.454. The molecule has 0 aliphatic rings. The molecule has 12 heavy (non-hydrogen) atoms. The second kappa shape index (κ2) is 6.32. The summed E-state index contributed by atoms with van der Waals surface area (Å²) in [5.41, 5.74) is 6.27. The summed E-state index contributed by atoms with van der Waals surface area (Å²) in [6, 6.07) is 11.3. The third kappa shape index (κ3) is 4.42. The summed E-state index contributed by atoms with van der Waals surface area (Å²) in [5.74, 6) is 0. The van der Waals surface area contributed by atoms with Crippen LogP contribution < -0.4 is 5.73 Å². The molecule has 2 N–H and O–H groups in total. The molecule has 62 valence electrons. The van der Waals surface area contributed by atoms with Crippen LogP contribution in [0.15, 0.2) is 30.3 Å². The number of nitrogens with two attached hydrogens (primary N) is 1. The minimum Gasteiger partial charge on any atom is -0.389 e. The predicted molar refractivity (Wildman–Crippen MR) is 53.6 cm³/mol. The first-order valence-corrected chi connectivity index (χ1v) is 3.79. The average Bonchev–Trinajstić information content (AvgIpc) is 2.07. The average molecular weight is 178 g/mol. The van der Waals surface area contributed by atoms with Crippen molar-refractivity contribution < 1.29 is 0 Å². The highest BCUT2D eigenvalue weighted by Gasteiger charge is 1.89. The molecule has 0 spiro atoms. The third-order valence-corrected chi connectivity index (χ3v) is 1.29. The van der Waals surface area contributed by atoms with Gasteiger partial charge in [0.2, 0.25) is 0 Å². The molecule has 0 saturated carbocycles. The molecule has 0 saturated heterocycles. The van der Waals surface area contributed by atoms with Crippen LogP contribution in [0.25, 0.3) is 0 Å². The lowest BCUT2D eigenvalue weighted by molar-refractivity contribution is 1.49. The predicted octanol–water partition coefficient (Wildman–Crippen LogP) is 1.85. The van der Waals surface area contributed by atoms with E-state index in [2.05, 4.69) is 0 Å². The fraction of sp³-hybridized carbons (Fsp3) is 0.111. The van der Waals surface area contributed by atoms with Crippen molar-refractivity contribution in [3.8, 4) is 6.07 Å². The summed E-state index contributed by atoms with van der Waals surface area (Å²) in [7, 11) is 0. The van der Waals surface area contributed by atoms with Gasteiger partial charge in [0.1, 0.15) is 4.99 Å². The van der Waals surface area contributed by atoms with Gasteiger partial charge in [0.05, 0.1) is 6.07 Å². The van der Waals surface area contributed by atoms with Crippen molar-refractivity contribution in [2.75, 3.05) is 0 Å². The van der Waals surface area contributed by atoms with Crippen molar-refractivity contribution in [2.24, 2.45) is 5.73 Å². The minimum atomic E-state index is 0.454. The van der Waals surface area contributed by atoms with Crippen LogP contribution in [0.3, 0.4) is 0 Å². The summed E-state index contributed by atoms with van der Waals surface area (Å²) < 4.78 is 0. The van der Waals surface area contributed by atoms with E-state index in [0.717, 1.165) is 5.56 Å². The monoisotopic (exact) mass is 178 g/mol. The molecule has 1 aromatic rings. The minimum absolute atomic E-state index is 0.454. The van der Waals surface area contributed by atoms with E-state index in [1.807, 2.05) is 30.3 Å². The highest BCUT2D eigenvalue weighted by atomic mass is 32.1. The standard InChI is InChI=1S/C7H7NS.C2H3N/c8-7(9)6-4-2-1-3-5-6;1-2-3/h1-5H,(H2,8,9);1H3. The van der Waals surface area contributed by atoms with Crippen LogP contribution in [-0.4, -0.2) is 4.99 Å². The first-order valence-electron chi connectivity index (χ1n) is 3.38. The number of benzene rings is 1. The maximum atomic E-state index is 7.32. The van der Waals surface area contributed by atoms with Gasteiger partial charge in [0.25, 0.3) is 0 Å². The first kappa shape index (κ1) is 10.6.